The van der Waals surface area contributed by atoms with E-state index in [1.165, 1.54) is 0 Å². The van der Waals surface area contributed by atoms with Crippen molar-refractivity contribution in [2.24, 2.45) is 0 Å². The fraction of sp³-hybridized carbons (Fsp3) is 0.176. The molecule has 1 N–H and O–H groups in total. The lowest BCUT2D eigenvalue weighted by Gasteiger charge is -2.15. The van der Waals surface area contributed by atoms with Crippen molar-refractivity contribution >= 4 is 23.2 Å². The Morgan fingerprint density at radius 1 is 1.27 bits per heavy atom. The summed E-state index contributed by atoms with van der Waals surface area (Å²) in [5.41, 5.74) is 2.10. The third-order valence-electron chi connectivity index (χ3n) is 3.05. The Kier molecular flexibility index (Phi) is 5.03. The molecule has 0 fully saturated rings. The lowest BCUT2D eigenvalue weighted by Crippen LogP contribution is -2.30. The topological polar surface area (TPSA) is 62.1 Å². The van der Waals surface area contributed by atoms with Gasteiger partial charge in [-0.25, -0.2) is 0 Å². The van der Waals surface area contributed by atoms with Crippen LogP contribution in [-0.4, -0.2) is 12.0 Å². The first-order chi connectivity index (χ1) is 10.5. The van der Waals surface area contributed by atoms with E-state index in [-0.39, 0.29) is 5.91 Å². The van der Waals surface area contributed by atoms with Gasteiger partial charge in [0.2, 0.25) is 0 Å². The lowest BCUT2D eigenvalue weighted by atomic mass is 10.2. The molecule has 1 atom stereocenters. The van der Waals surface area contributed by atoms with E-state index < -0.39 is 6.10 Å². The molecule has 2 aromatic rings. The number of nitrogens with one attached hydrogen (secondary N) is 1. The number of hydrogen-bond donors (Lipinski definition) is 1. The van der Waals surface area contributed by atoms with Crippen LogP contribution >= 0.6 is 11.6 Å². The Balaban J connectivity index is 2.01. The molecule has 0 aliphatic heterocycles. The van der Waals surface area contributed by atoms with Crippen molar-refractivity contribution in [3.63, 3.8) is 0 Å². The highest BCUT2D eigenvalue weighted by atomic mass is 35.5. The number of carbonyl (C=O) groups is 1. The van der Waals surface area contributed by atoms with Gasteiger partial charge >= 0.3 is 0 Å². The van der Waals surface area contributed by atoms with Gasteiger partial charge in [0.25, 0.3) is 5.91 Å². The standard InChI is InChI=1S/C17H15ClN2O2/c1-11-3-8-16(15(18)9-11)20-17(21)12(2)22-14-6-4-13(10-19)5-7-14/h3-9,12H,1-2H3,(H,20,21)/t12-/m0/s1. The zero-order chi connectivity index (χ0) is 16.1. The number of halogens is 1. The van der Waals surface area contributed by atoms with Gasteiger partial charge in [-0.1, -0.05) is 17.7 Å². The molecule has 0 saturated carbocycles. The van der Waals surface area contributed by atoms with Crippen LogP contribution in [0.15, 0.2) is 42.5 Å². The van der Waals surface area contributed by atoms with Gasteiger partial charge in [0.05, 0.1) is 22.3 Å². The highest BCUT2D eigenvalue weighted by Crippen LogP contribution is 2.23. The van der Waals surface area contributed by atoms with Gasteiger partial charge in [-0.05, 0) is 55.8 Å². The van der Waals surface area contributed by atoms with Crippen LogP contribution in [0.1, 0.15) is 18.1 Å². The van der Waals surface area contributed by atoms with Gasteiger partial charge in [-0.15, -0.1) is 0 Å². The largest absolute Gasteiger partial charge is 0.481 e. The van der Waals surface area contributed by atoms with Gasteiger partial charge < -0.3 is 10.1 Å². The van der Waals surface area contributed by atoms with Crippen LogP contribution in [0.2, 0.25) is 5.02 Å². The average Bonchev–Trinajstić information content (AvgIpc) is 2.50. The summed E-state index contributed by atoms with van der Waals surface area (Å²) in [6.07, 6.45) is -0.690. The SMILES string of the molecule is Cc1ccc(NC(=O)[C@H](C)Oc2ccc(C#N)cc2)c(Cl)c1. The van der Waals surface area contributed by atoms with Crippen molar-refractivity contribution in [2.75, 3.05) is 5.32 Å². The Morgan fingerprint density at radius 2 is 1.95 bits per heavy atom. The molecule has 5 heteroatoms. The summed E-state index contributed by atoms with van der Waals surface area (Å²) < 4.78 is 5.55. The first-order valence-corrected chi connectivity index (χ1v) is 7.11. The first-order valence-electron chi connectivity index (χ1n) is 6.73. The summed E-state index contributed by atoms with van der Waals surface area (Å²) in [6, 6.07) is 14.0. The Labute approximate surface area is 134 Å². The number of rotatable bonds is 4. The lowest BCUT2D eigenvalue weighted by molar-refractivity contribution is -0.122. The Bertz CT molecular complexity index is 720. The molecular weight excluding hydrogens is 300 g/mol. The molecule has 112 valence electrons. The smallest absolute Gasteiger partial charge is 0.265 e. The summed E-state index contributed by atoms with van der Waals surface area (Å²) in [5.74, 6) is 0.228. The fourth-order valence-electron chi connectivity index (χ4n) is 1.82. The molecule has 0 unspecified atom stereocenters. The molecule has 0 aliphatic rings. The normalized spacial score (nSPS) is 11.4. The maximum Gasteiger partial charge on any atom is 0.265 e. The molecule has 0 radical (unpaired) electrons. The Morgan fingerprint density at radius 3 is 2.55 bits per heavy atom. The van der Waals surface area contributed by atoms with Crippen LogP contribution in [0.4, 0.5) is 5.69 Å². The fourth-order valence-corrected chi connectivity index (χ4v) is 2.10. The molecular formula is C17H15ClN2O2. The van der Waals surface area contributed by atoms with E-state index in [0.29, 0.717) is 22.0 Å². The van der Waals surface area contributed by atoms with E-state index in [2.05, 4.69) is 5.32 Å². The van der Waals surface area contributed by atoms with Gasteiger partial charge in [0.1, 0.15) is 5.75 Å². The van der Waals surface area contributed by atoms with Crippen molar-refractivity contribution < 1.29 is 9.53 Å². The molecule has 4 nitrogen and oxygen atoms in total. The maximum atomic E-state index is 12.1. The molecule has 0 saturated heterocycles. The van der Waals surface area contributed by atoms with E-state index in [1.54, 1.807) is 43.3 Å². The zero-order valence-electron chi connectivity index (χ0n) is 12.3. The number of ether oxygens (including phenoxy) is 1. The van der Waals surface area contributed by atoms with E-state index in [4.69, 9.17) is 21.6 Å². The van der Waals surface area contributed by atoms with Gasteiger partial charge in [0, 0.05) is 0 Å². The minimum absolute atomic E-state index is 0.296. The highest BCUT2D eigenvalue weighted by Gasteiger charge is 2.16. The summed E-state index contributed by atoms with van der Waals surface area (Å²) >= 11 is 6.09. The second kappa shape index (κ2) is 6.97. The van der Waals surface area contributed by atoms with Gasteiger partial charge in [-0.3, -0.25) is 4.79 Å². The predicted octanol–water partition coefficient (Wildman–Crippen LogP) is 3.93. The van der Waals surface area contributed by atoms with Crippen LogP contribution in [0, 0.1) is 18.3 Å². The molecule has 0 spiro atoms. The Hall–Kier alpha value is -2.51. The van der Waals surface area contributed by atoms with Crippen molar-refractivity contribution in [1.29, 1.82) is 5.26 Å². The molecule has 0 bridgehead atoms. The molecule has 0 aromatic heterocycles. The number of hydrogen-bond acceptors (Lipinski definition) is 3. The van der Waals surface area contributed by atoms with Crippen molar-refractivity contribution in [3.8, 4) is 11.8 Å². The summed E-state index contributed by atoms with van der Waals surface area (Å²) in [7, 11) is 0. The van der Waals surface area contributed by atoms with E-state index >= 15 is 0 Å². The summed E-state index contributed by atoms with van der Waals surface area (Å²) in [4.78, 5) is 12.1. The number of aryl methyl sites for hydroxylation is 1. The molecule has 22 heavy (non-hydrogen) atoms. The van der Waals surface area contributed by atoms with Crippen molar-refractivity contribution in [1.82, 2.24) is 0 Å². The average molecular weight is 315 g/mol. The van der Waals surface area contributed by atoms with Gasteiger partial charge in [-0.2, -0.15) is 5.26 Å². The molecule has 0 heterocycles. The summed E-state index contributed by atoms with van der Waals surface area (Å²) in [5, 5.41) is 12.0. The second-order valence-electron chi connectivity index (χ2n) is 4.87. The minimum Gasteiger partial charge on any atom is -0.481 e. The number of carbonyl (C=O) groups excluding carboxylic acids is 1. The predicted molar refractivity (Wildman–Crippen MR) is 86.1 cm³/mol. The highest BCUT2D eigenvalue weighted by molar-refractivity contribution is 6.33. The summed E-state index contributed by atoms with van der Waals surface area (Å²) in [6.45, 7) is 3.57. The zero-order valence-corrected chi connectivity index (χ0v) is 13.0. The van der Waals surface area contributed by atoms with Crippen LogP contribution in [0.5, 0.6) is 5.75 Å². The van der Waals surface area contributed by atoms with E-state index in [9.17, 15) is 4.79 Å². The maximum absolute atomic E-state index is 12.1. The number of benzene rings is 2. The molecule has 2 rings (SSSR count). The van der Waals surface area contributed by atoms with Crippen molar-refractivity contribution in [3.05, 3.63) is 58.6 Å². The van der Waals surface area contributed by atoms with E-state index in [0.717, 1.165) is 5.56 Å². The van der Waals surface area contributed by atoms with Crippen LogP contribution in [0.3, 0.4) is 0 Å². The minimum atomic E-state index is -0.690. The number of anilines is 1. The van der Waals surface area contributed by atoms with Crippen LogP contribution < -0.4 is 10.1 Å². The van der Waals surface area contributed by atoms with Crippen LogP contribution in [-0.2, 0) is 4.79 Å². The first kappa shape index (κ1) is 15.9. The number of nitrogens with zero attached hydrogens (tertiary/aromatic N) is 1. The second-order valence-corrected chi connectivity index (χ2v) is 5.28. The molecule has 1 amide bonds. The van der Waals surface area contributed by atoms with Crippen molar-refractivity contribution in [2.45, 2.75) is 20.0 Å². The third-order valence-corrected chi connectivity index (χ3v) is 3.36. The monoisotopic (exact) mass is 314 g/mol. The van der Waals surface area contributed by atoms with Crippen LogP contribution in [0.25, 0.3) is 0 Å². The third kappa shape index (κ3) is 4.00. The molecule has 0 aliphatic carbocycles. The number of nitriles is 1. The van der Waals surface area contributed by atoms with E-state index in [1.807, 2.05) is 19.1 Å². The quantitative estimate of drug-likeness (QED) is 0.930. The number of amides is 1. The molecule has 2 aromatic carbocycles. The van der Waals surface area contributed by atoms with Gasteiger partial charge in [0.15, 0.2) is 6.10 Å².